The normalized spacial score (nSPS) is 21.0. The van der Waals surface area contributed by atoms with Crippen LogP contribution in [0.2, 0.25) is 0 Å². The third kappa shape index (κ3) is 3.47. The van der Waals surface area contributed by atoms with Gasteiger partial charge < -0.3 is 15.2 Å². The van der Waals surface area contributed by atoms with Crippen LogP contribution in [0.5, 0.6) is 0 Å². The molecule has 0 radical (unpaired) electrons. The molecule has 2 N–H and O–H groups in total. The number of hydrogen-bond donors (Lipinski definition) is 2. The van der Waals surface area contributed by atoms with Gasteiger partial charge in [0.1, 0.15) is 0 Å². The molecule has 1 rings (SSSR count). The summed E-state index contributed by atoms with van der Waals surface area (Å²) < 4.78 is 5.13. The first-order valence-electron chi connectivity index (χ1n) is 4.87. The van der Waals surface area contributed by atoms with Gasteiger partial charge in [-0.1, -0.05) is 6.08 Å². The second kappa shape index (κ2) is 5.12. The van der Waals surface area contributed by atoms with Crippen molar-refractivity contribution in [2.24, 2.45) is 0 Å². The first-order valence-corrected chi connectivity index (χ1v) is 4.87. The molecule has 4 heteroatoms. The number of carbonyl (C=O) groups excluding carboxylic acids is 1. The number of rotatable bonds is 3. The van der Waals surface area contributed by atoms with Crippen molar-refractivity contribution in [3.63, 3.8) is 0 Å². The van der Waals surface area contributed by atoms with Gasteiger partial charge in [-0.25, -0.2) is 0 Å². The van der Waals surface area contributed by atoms with Crippen LogP contribution in [0.15, 0.2) is 12.2 Å². The number of carbonyl (C=O) groups is 1. The second-order valence-electron chi connectivity index (χ2n) is 3.55. The first kappa shape index (κ1) is 11.2. The van der Waals surface area contributed by atoms with Crippen LogP contribution < -0.4 is 5.32 Å². The Balaban J connectivity index is 2.31. The van der Waals surface area contributed by atoms with Gasteiger partial charge in [-0.2, -0.15) is 0 Å². The molecule has 0 spiro atoms. The fourth-order valence-corrected chi connectivity index (χ4v) is 1.39. The van der Waals surface area contributed by atoms with Gasteiger partial charge >= 0.3 is 0 Å². The van der Waals surface area contributed by atoms with E-state index < -0.39 is 5.60 Å². The highest BCUT2D eigenvalue weighted by Crippen LogP contribution is 2.18. The Morgan fingerprint density at radius 1 is 1.57 bits per heavy atom. The number of ether oxygens (including phenoxy) is 1. The lowest BCUT2D eigenvalue weighted by molar-refractivity contribution is -0.119. The lowest BCUT2D eigenvalue weighted by Gasteiger charge is -2.31. The Morgan fingerprint density at radius 2 is 2.21 bits per heavy atom. The van der Waals surface area contributed by atoms with Crippen molar-refractivity contribution in [2.75, 3.05) is 19.8 Å². The summed E-state index contributed by atoms with van der Waals surface area (Å²) in [4.78, 5) is 11.1. The van der Waals surface area contributed by atoms with Crippen LogP contribution in [0.3, 0.4) is 0 Å². The van der Waals surface area contributed by atoms with Crippen molar-refractivity contribution in [1.29, 1.82) is 0 Å². The van der Waals surface area contributed by atoms with Crippen molar-refractivity contribution < 1.29 is 14.6 Å². The van der Waals surface area contributed by atoms with Crippen molar-refractivity contribution in [1.82, 2.24) is 5.32 Å². The molecule has 0 saturated carbocycles. The molecule has 0 bridgehead atoms. The maximum Gasteiger partial charge on any atom is 0.243 e. The van der Waals surface area contributed by atoms with E-state index in [9.17, 15) is 9.90 Å². The van der Waals surface area contributed by atoms with Gasteiger partial charge in [-0.3, -0.25) is 4.79 Å². The molecule has 1 amide bonds. The molecule has 1 aliphatic heterocycles. The van der Waals surface area contributed by atoms with E-state index in [4.69, 9.17) is 4.74 Å². The fourth-order valence-electron chi connectivity index (χ4n) is 1.39. The fraction of sp³-hybridized carbons (Fsp3) is 0.700. The van der Waals surface area contributed by atoms with Gasteiger partial charge in [0.05, 0.1) is 5.60 Å². The minimum Gasteiger partial charge on any atom is -0.388 e. The van der Waals surface area contributed by atoms with Gasteiger partial charge in [0.2, 0.25) is 5.91 Å². The average molecular weight is 199 g/mol. The Kier molecular flexibility index (Phi) is 4.10. The summed E-state index contributed by atoms with van der Waals surface area (Å²) in [6.07, 6.45) is 4.29. The number of nitrogens with one attached hydrogen (secondary N) is 1. The average Bonchev–Trinajstić information content (AvgIpc) is 2.17. The molecule has 1 fully saturated rings. The Bertz CT molecular complexity index is 219. The van der Waals surface area contributed by atoms with Crippen molar-refractivity contribution >= 4 is 5.91 Å². The highest BCUT2D eigenvalue weighted by atomic mass is 16.5. The molecule has 0 aromatic rings. The zero-order valence-electron chi connectivity index (χ0n) is 8.45. The highest BCUT2D eigenvalue weighted by molar-refractivity contribution is 5.87. The molecule has 80 valence electrons. The summed E-state index contributed by atoms with van der Waals surface area (Å²) in [5.74, 6) is -0.160. The monoisotopic (exact) mass is 199 g/mol. The van der Waals surface area contributed by atoms with E-state index in [0.717, 1.165) is 0 Å². The van der Waals surface area contributed by atoms with E-state index in [2.05, 4.69) is 5.32 Å². The standard InChI is InChI=1S/C10H17NO3/c1-2-3-9(12)11-8-10(13)4-6-14-7-5-10/h2-3,13H,4-8H2,1H3,(H,11,12)/b3-2+. The zero-order chi connectivity index (χ0) is 10.4. The van der Waals surface area contributed by atoms with Crippen LogP contribution in [-0.4, -0.2) is 36.4 Å². The Labute approximate surface area is 83.9 Å². The summed E-state index contributed by atoms with van der Waals surface area (Å²) in [5.41, 5.74) is -0.782. The molecule has 4 nitrogen and oxygen atoms in total. The largest absolute Gasteiger partial charge is 0.388 e. The third-order valence-electron chi connectivity index (χ3n) is 2.33. The molecule has 1 aliphatic rings. The van der Waals surface area contributed by atoms with Gasteiger partial charge in [0, 0.05) is 32.6 Å². The third-order valence-corrected chi connectivity index (χ3v) is 2.33. The van der Waals surface area contributed by atoms with Gasteiger partial charge in [0.15, 0.2) is 0 Å². The highest BCUT2D eigenvalue weighted by Gasteiger charge is 2.29. The van der Waals surface area contributed by atoms with Crippen LogP contribution >= 0.6 is 0 Å². The SMILES string of the molecule is C/C=C/C(=O)NCC1(O)CCOCC1. The molecule has 0 aromatic carbocycles. The maximum atomic E-state index is 11.1. The number of amides is 1. The van der Waals surface area contributed by atoms with Crippen LogP contribution in [0, 0.1) is 0 Å². The summed E-state index contributed by atoms with van der Waals surface area (Å²) in [5, 5.41) is 12.6. The summed E-state index contributed by atoms with van der Waals surface area (Å²) in [7, 11) is 0. The van der Waals surface area contributed by atoms with Crippen LogP contribution in [-0.2, 0) is 9.53 Å². The van der Waals surface area contributed by atoms with Crippen LogP contribution in [0.25, 0.3) is 0 Å². The van der Waals surface area contributed by atoms with Gasteiger partial charge in [0.25, 0.3) is 0 Å². The number of allylic oxidation sites excluding steroid dienone is 1. The lowest BCUT2D eigenvalue weighted by Crippen LogP contribution is -2.46. The van der Waals surface area contributed by atoms with Crippen molar-refractivity contribution in [3.05, 3.63) is 12.2 Å². The molecule has 1 heterocycles. The summed E-state index contributed by atoms with van der Waals surface area (Å²) in [6, 6.07) is 0. The van der Waals surface area contributed by atoms with E-state index in [0.29, 0.717) is 32.6 Å². The quantitative estimate of drug-likeness (QED) is 0.639. The molecule has 0 atom stereocenters. The van der Waals surface area contributed by atoms with Crippen molar-refractivity contribution in [2.45, 2.75) is 25.4 Å². The van der Waals surface area contributed by atoms with E-state index >= 15 is 0 Å². The Hall–Kier alpha value is -0.870. The minimum absolute atomic E-state index is 0.160. The van der Waals surface area contributed by atoms with Gasteiger partial charge in [-0.15, -0.1) is 0 Å². The van der Waals surface area contributed by atoms with Crippen molar-refractivity contribution in [3.8, 4) is 0 Å². The van der Waals surface area contributed by atoms with E-state index in [1.165, 1.54) is 6.08 Å². The molecular formula is C10H17NO3. The van der Waals surface area contributed by atoms with E-state index in [-0.39, 0.29) is 5.91 Å². The summed E-state index contributed by atoms with van der Waals surface area (Å²) >= 11 is 0. The van der Waals surface area contributed by atoms with E-state index in [1.54, 1.807) is 13.0 Å². The smallest absolute Gasteiger partial charge is 0.243 e. The molecule has 0 aromatic heterocycles. The lowest BCUT2D eigenvalue weighted by atomic mass is 9.94. The van der Waals surface area contributed by atoms with E-state index in [1.807, 2.05) is 0 Å². The first-order chi connectivity index (χ1) is 6.66. The number of aliphatic hydroxyl groups is 1. The molecule has 1 saturated heterocycles. The number of hydrogen-bond acceptors (Lipinski definition) is 3. The molecule has 0 unspecified atom stereocenters. The maximum absolute atomic E-state index is 11.1. The van der Waals surface area contributed by atoms with Crippen LogP contribution in [0.4, 0.5) is 0 Å². The topological polar surface area (TPSA) is 58.6 Å². The Morgan fingerprint density at radius 3 is 2.79 bits per heavy atom. The second-order valence-corrected chi connectivity index (χ2v) is 3.55. The summed E-state index contributed by atoms with van der Waals surface area (Å²) in [6.45, 7) is 3.22. The van der Waals surface area contributed by atoms with Gasteiger partial charge in [-0.05, 0) is 13.0 Å². The predicted molar refractivity (Wildman–Crippen MR) is 52.8 cm³/mol. The predicted octanol–water partition coefficient (Wildman–Crippen LogP) is 0.220. The molecule has 0 aliphatic carbocycles. The zero-order valence-corrected chi connectivity index (χ0v) is 8.45. The molecular weight excluding hydrogens is 182 g/mol. The minimum atomic E-state index is -0.782. The molecule has 14 heavy (non-hydrogen) atoms. The van der Waals surface area contributed by atoms with Crippen LogP contribution in [0.1, 0.15) is 19.8 Å².